The number of fused-ring (bicyclic) bond motifs is 1. The zero-order valence-electron chi connectivity index (χ0n) is 5.03. The van der Waals surface area contributed by atoms with Crippen molar-refractivity contribution < 1.29 is 0 Å². The molecule has 0 radical (unpaired) electrons. The van der Waals surface area contributed by atoms with Gasteiger partial charge in [0.1, 0.15) is 0 Å². The van der Waals surface area contributed by atoms with E-state index in [2.05, 4.69) is 9.98 Å². The van der Waals surface area contributed by atoms with Crippen molar-refractivity contribution >= 4 is 24.2 Å². The van der Waals surface area contributed by atoms with E-state index in [1.165, 1.54) is 11.5 Å². The molecule has 2 heterocycles. The SMILES string of the molecule is C1=NC2CSCC2N=C1. The summed E-state index contributed by atoms with van der Waals surface area (Å²) >= 11 is 1.95. The zero-order valence-corrected chi connectivity index (χ0v) is 5.84. The Kier molecular flexibility index (Phi) is 1.30. The predicted molar refractivity (Wildman–Crippen MR) is 41.9 cm³/mol. The number of aliphatic imine (C=N–C) groups is 2. The van der Waals surface area contributed by atoms with Crippen LogP contribution in [-0.2, 0) is 0 Å². The lowest BCUT2D eigenvalue weighted by molar-refractivity contribution is 0.646. The van der Waals surface area contributed by atoms with Crippen LogP contribution >= 0.6 is 11.8 Å². The van der Waals surface area contributed by atoms with E-state index >= 15 is 0 Å². The predicted octanol–water partition coefficient (Wildman–Crippen LogP) is 0.626. The topological polar surface area (TPSA) is 24.7 Å². The number of rotatable bonds is 0. The second-order valence-electron chi connectivity index (χ2n) is 2.27. The van der Waals surface area contributed by atoms with Gasteiger partial charge in [0.2, 0.25) is 0 Å². The molecule has 2 aliphatic rings. The molecule has 0 N–H and O–H groups in total. The molecule has 0 aliphatic carbocycles. The zero-order chi connectivity index (χ0) is 6.10. The molecule has 0 amide bonds. The molecule has 9 heavy (non-hydrogen) atoms. The van der Waals surface area contributed by atoms with Crippen LogP contribution in [0.15, 0.2) is 9.98 Å². The Morgan fingerprint density at radius 2 is 1.67 bits per heavy atom. The molecule has 2 rings (SSSR count). The summed E-state index contributed by atoms with van der Waals surface area (Å²) in [5, 5.41) is 0. The summed E-state index contributed by atoms with van der Waals surface area (Å²) in [5.74, 6) is 2.33. The molecule has 2 aliphatic heterocycles. The van der Waals surface area contributed by atoms with E-state index in [4.69, 9.17) is 0 Å². The normalized spacial score (nSPS) is 39.1. The van der Waals surface area contributed by atoms with Crippen LogP contribution in [0.25, 0.3) is 0 Å². The van der Waals surface area contributed by atoms with Gasteiger partial charge in [-0.15, -0.1) is 0 Å². The largest absolute Gasteiger partial charge is 0.285 e. The van der Waals surface area contributed by atoms with E-state index in [1.54, 1.807) is 0 Å². The van der Waals surface area contributed by atoms with Gasteiger partial charge in [0.15, 0.2) is 0 Å². The third kappa shape index (κ3) is 0.894. The van der Waals surface area contributed by atoms with Gasteiger partial charge in [0.05, 0.1) is 12.1 Å². The molecule has 0 aromatic heterocycles. The summed E-state index contributed by atoms with van der Waals surface area (Å²) in [6.07, 6.45) is 3.63. The number of hydrogen-bond donors (Lipinski definition) is 0. The van der Waals surface area contributed by atoms with Crippen LogP contribution in [0.3, 0.4) is 0 Å². The van der Waals surface area contributed by atoms with Crippen LogP contribution < -0.4 is 0 Å². The molecule has 0 saturated carbocycles. The second kappa shape index (κ2) is 2.14. The molecule has 2 nitrogen and oxygen atoms in total. The average Bonchev–Trinajstić information content (AvgIpc) is 2.33. The van der Waals surface area contributed by atoms with Crippen molar-refractivity contribution in [2.45, 2.75) is 12.1 Å². The lowest BCUT2D eigenvalue weighted by Crippen LogP contribution is -2.23. The maximum Gasteiger partial charge on any atom is 0.0821 e. The first-order chi connectivity index (χ1) is 4.47. The molecule has 2 unspecified atom stereocenters. The van der Waals surface area contributed by atoms with Crippen LogP contribution in [-0.4, -0.2) is 36.0 Å². The number of thioether (sulfide) groups is 1. The molecule has 0 aromatic carbocycles. The highest BCUT2D eigenvalue weighted by molar-refractivity contribution is 7.99. The van der Waals surface area contributed by atoms with Crippen molar-refractivity contribution in [1.82, 2.24) is 0 Å². The molecular weight excluding hydrogens is 132 g/mol. The highest BCUT2D eigenvalue weighted by Gasteiger charge is 2.26. The van der Waals surface area contributed by atoms with E-state index in [1.807, 2.05) is 24.2 Å². The summed E-state index contributed by atoms with van der Waals surface area (Å²) in [6, 6.07) is 1.000. The standard InChI is InChI=1S/C6H8N2S/c1-2-8-6-4-9-3-5(6)7-1/h1-2,5-6H,3-4H2. The van der Waals surface area contributed by atoms with Gasteiger partial charge >= 0.3 is 0 Å². The molecule has 48 valence electrons. The second-order valence-corrected chi connectivity index (χ2v) is 3.34. The quantitative estimate of drug-likeness (QED) is 0.484. The Balaban J connectivity index is 2.18. The summed E-state index contributed by atoms with van der Waals surface area (Å²) in [4.78, 5) is 8.59. The number of hydrogen-bond acceptors (Lipinski definition) is 3. The minimum Gasteiger partial charge on any atom is -0.285 e. The van der Waals surface area contributed by atoms with Gasteiger partial charge in [-0.2, -0.15) is 11.8 Å². The summed E-state index contributed by atoms with van der Waals surface area (Å²) in [7, 11) is 0. The first-order valence-corrected chi connectivity index (χ1v) is 4.25. The summed E-state index contributed by atoms with van der Waals surface area (Å²) in [5.41, 5.74) is 0. The van der Waals surface area contributed by atoms with Crippen LogP contribution in [0.5, 0.6) is 0 Å². The van der Waals surface area contributed by atoms with Crippen molar-refractivity contribution in [1.29, 1.82) is 0 Å². The van der Waals surface area contributed by atoms with Crippen molar-refractivity contribution in [2.75, 3.05) is 11.5 Å². The van der Waals surface area contributed by atoms with E-state index in [0.717, 1.165) is 0 Å². The molecule has 3 heteroatoms. The van der Waals surface area contributed by atoms with Crippen molar-refractivity contribution in [2.24, 2.45) is 9.98 Å². The number of nitrogens with zero attached hydrogens (tertiary/aromatic N) is 2. The van der Waals surface area contributed by atoms with Gasteiger partial charge < -0.3 is 0 Å². The van der Waals surface area contributed by atoms with E-state index in [9.17, 15) is 0 Å². The molecule has 0 bridgehead atoms. The lowest BCUT2D eigenvalue weighted by Gasteiger charge is -2.11. The monoisotopic (exact) mass is 140 g/mol. The van der Waals surface area contributed by atoms with Crippen LogP contribution in [0.1, 0.15) is 0 Å². The molecule has 0 spiro atoms. The maximum atomic E-state index is 4.30. The van der Waals surface area contributed by atoms with Crippen LogP contribution in [0.2, 0.25) is 0 Å². The van der Waals surface area contributed by atoms with Gasteiger partial charge in [-0.25, -0.2) is 0 Å². The summed E-state index contributed by atoms with van der Waals surface area (Å²) < 4.78 is 0. The first-order valence-electron chi connectivity index (χ1n) is 3.09. The molecule has 0 aromatic rings. The molecular formula is C6H8N2S. The van der Waals surface area contributed by atoms with Gasteiger partial charge in [0, 0.05) is 23.9 Å². The Morgan fingerprint density at radius 3 is 2.22 bits per heavy atom. The Labute approximate surface area is 58.5 Å². The van der Waals surface area contributed by atoms with Crippen LogP contribution in [0, 0.1) is 0 Å². The third-order valence-electron chi connectivity index (χ3n) is 1.64. The van der Waals surface area contributed by atoms with E-state index in [-0.39, 0.29) is 0 Å². The van der Waals surface area contributed by atoms with Gasteiger partial charge in [-0.3, -0.25) is 9.98 Å². The van der Waals surface area contributed by atoms with E-state index in [0.29, 0.717) is 12.1 Å². The highest BCUT2D eigenvalue weighted by Crippen LogP contribution is 2.24. The fraction of sp³-hybridized carbons (Fsp3) is 0.667. The summed E-state index contributed by atoms with van der Waals surface area (Å²) in [6.45, 7) is 0. The fourth-order valence-corrected chi connectivity index (χ4v) is 2.35. The smallest absolute Gasteiger partial charge is 0.0821 e. The maximum absolute atomic E-state index is 4.30. The Hall–Kier alpha value is -0.310. The van der Waals surface area contributed by atoms with Gasteiger partial charge in [-0.05, 0) is 0 Å². The molecule has 1 saturated heterocycles. The van der Waals surface area contributed by atoms with Crippen molar-refractivity contribution in [3.63, 3.8) is 0 Å². The molecule has 2 atom stereocenters. The van der Waals surface area contributed by atoms with Crippen LogP contribution in [0.4, 0.5) is 0 Å². The highest BCUT2D eigenvalue weighted by atomic mass is 32.2. The Morgan fingerprint density at radius 1 is 1.11 bits per heavy atom. The minimum absolute atomic E-state index is 0.500. The fourth-order valence-electron chi connectivity index (χ4n) is 1.11. The Bertz CT molecular complexity index is 146. The average molecular weight is 140 g/mol. The lowest BCUT2D eigenvalue weighted by atomic mass is 10.2. The van der Waals surface area contributed by atoms with E-state index < -0.39 is 0 Å². The van der Waals surface area contributed by atoms with Crippen molar-refractivity contribution in [3.05, 3.63) is 0 Å². The van der Waals surface area contributed by atoms with Crippen molar-refractivity contribution in [3.8, 4) is 0 Å². The minimum atomic E-state index is 0.500. The van der Waals surface area contributed by atoms with Gasteiger partial charge in [-0.1, -0.05) is 0 Å². The molecule has 1 fully saturated rings. The third-order valence-corrected chi connectivity index (χ3v) is 2.80. The van der Waals surface area contributed by atoms with Gasteiger partial charge in [0.25, 0.3) is 0 Å². The first kappa shape index (κ1) is 5.47.